The van der Waals surface area contributed by atoms with Crippen LogP contribution in [-0.4, -0.2) is 36.9 Å². The molecule has 5 nitrogen and oxygen atoms in total. The van der Waals surface area contributed by atoms with E-state index in [9.17, 15) is 0 Å². The first-order valence-electron chi connectivity index (χ1n) is 14.2. The first-order chi connectivity index (χ1) is 19.1. The Morgan fingerprint density at radius 2 is 1.36 bits per heavy atom. The summed E-state index contributed by atoms with van der Waals surface area (Å²) in [5, 5.41) is 8.47. The average Bonchev–Trinajstić information content (AvgIpc) is 3.42. The first kappa shape index (κ1) is 26.5. The second-order valence-electron chi connectivity index (χ2n) is 9.86. The smallest absolute Gasteiger partial charge is 0.0831 e. The summed E-state index contributed by atoms with van der Waals surface area (Å²) in [5.41, 5.74) is 8.12. The van der Waals surface area contributed by atoms with Crippen molar-refractivity contribution >= 4 is 39.8 Å². The Morgan fingerprint density at radius 3 is 2.00 bits per heavy atom. The van der Waals surface area contributed by atoms with E-state index in [2.05, 4.69) is 132 Å². The predicted molar refractivity (Wildman–Crippen MR) is 168 cm³/mol. The van der Waals surface area contributed by atoms with Gasteiger partial charge < -0.3 is 9.80 Å². The van der Waals surface area contributed by atoms with Gasteiger partial charge in [0, 0.05) is 55.6 Å². The zero-order valence-corrected chi connectivity index (χ0v) is 23.6. The number of pyridine rings is 1. The third-order valence-electron chi connectivity index (χ3n) is 7.70. The van der Waals surface area contributed by atoms with E-state index in [1.165, 1.54) is 22.5 Å². The van der Waals surface area contributed by atoms with Crippen molar-refractivity contribution in [3.63, 3.8) is 0 Å². The minimum absolute atomic E-state index is 0.117. The van der Waals surface area contributed by atoms with Crippen LogP contribution in [0.3, 0.4) is 0 Å². The highest BCUT2D eigenvalue weighted by Crippen LogP contribution is 2.39. The van der Waals surface area contributed by atoms with Crippen LogP contribution in [0.1, 0.15) is 51.3 Å². The zero-order chi connectivity index (χ0) is 27.2. The van der Waals surface area contributed by atoms with Gasteiger partial charge in [-0.2, -0.15) is 5.10 Å². The van der Waals surface area contributed by atoms with Crippen molar-refractivity contribution in [1.82, 2.24) is 4.98 Å². The number of benzene rings is 3. The lowest BCUT2D eigenvalue weighted by Crippen LogP contribution is -2.22. The Bertz CT molecular complexity index is 1430. The number of nitrogens with zero attached hydrogens (tertiary/aromatic N) is 5. The summed E-state index contributed by atoms with van der Waals surface area (Å²) < 4.78 is 0. The second-order valence-corrected chi connectivity index (χ2v) is 9.86. The molecular weight excluding hydrogens is 478 g/mol. The molecule has 0 bridgehead atoms. The van der Waals surface area contributed by atoms with Gasteiger partial charge in [0.1, 0.15) is 0 Å². The van der Waals surface area contributed by atoms with Gasteiger partial charge in [0.05, 0.1) is 23.0 Å². The molecule has 0 aliphatic carbocycles. The molecule has 200 valence electrons. The minimum atomic E-state index is 0.117. The summed E-state index contributed by atoms with van der Waals surface area (Å²) in [4.78, 5) is 9.33. The van der Waals surface area contributed by atoms with Gasteiger partial charge in [0.25, 0.3) is 0 Å². The fourth-order valence-electron chi connectivity index (χ4n) is 5.47. The summed E-state index contributed by atoms with van der Waals surface area (Å²) >= 11 is 0. The van der Waals surface area contributed by atoms with Crippen molar-refractivity contribution < 1.29 is 0 Å². The molecule has 0 radical (unpaired) electrons. The highest BCUT2D eigenvalue weighted by Gasteiger charge is 2.29. The second kappa shape index (κ2) is 12.2. The van der Waals surface area contributed by atoms with Crippen LogP contribution in [0.25, 0.3) is 17.0 Å². The summed E-state index contributed by atoms with van der Waals surface area (Å²) in [6.45, 7) is 12.8. The number of hydrogen-bond donors (Lipinski definition) is 0. The van der Waals surface area contributed by atoms with E-state index in [1.807, 2.05) is 12.3 Å². The monoisotopic (exact) mass is 517 g/mol. The van der Waals surface area contributed by atoms with Gasteiger partial charge >= 0.3 is 0 Å². The Kier molecular flexibility index (Phi) is 8.26. The molecule has 39 heavy (non-hydrogen) atoms. The van der Waals surface area contributed by atoms with E-state index in [-0.39, 0.29) is 6.04 Å². The fourth-order valence-corrected chi connectivity index (χ4v) is 5.47. The number of fused-ring (bicyclic) bond motifs is 1. The lowest BCUT2D eigenvalue weighted by Gasteiger charge is -2.26. The fraction of sp³-hybridized carbons (Fsp3) is 0.294. The van der Waals surface area contributed by atoms with Crippen molar-refractivity contribution in [2.75, 3.05) is 41.0 Å². The average molecular weight is 518 g/mol. The number of rotatable bonds is 10. The molecule has 0 saturated heterocycles. The minimum Gasteiger partial charge on any atom is -0.372 e. The Hall–Kier alpha value is -4.12. The number of hydrogen-bond acceptors (Lipinski definition) is 5. The van der Waals surface area contributed by atoms with Crippen LogP contribution in [0.5, 0.6) is 0 Å². The van der Waals surface area contributed by atoms with E-state index in [1.54, 1.807) is 0 Å². The van der Waals surface area contributed by atoms with Crippen molar-refractivity contribution in [2.24, 2.45) is 5.10 Å². The molecule has 3 aromatic carbocycles. The largest absolute Gasteiger partial charge is 0.372 e. The van der Waals surface area contributed by atoms with E-state index in [0.29, 0.717) is 0 Å². The maximum Gasteiger partial charge on any atom is 0.0831 e. The molecular formula is C34H39N5. The quantitative estimate of drug-likeness (QED) is 0.214. The van der Waals surface area contributed by atoms with Gasteiger partial charge in [-0.15, -0.1) is 0 Å². The number of allylic oxidation sites excluding steroid dienone is 1. The summed E-state index contributed by atoms with van der Waals surface area (Å²) in [6, 6.07) is 28.3. The maximum absolute atomic E-state index is 5.16. The molecule has 0 spiro atoms. The standard InChI is InChI=1S/C34H39N5/c1-5-37(6-2)29-19-14-26(15-20-29)13-18-28-25-34(27-16-21-30(22-17-27)38(7-3)8-4)39(36-28)33-23-24-35-32-12-10-9-11-31(32)33/h9-24,34H,5-8,25H2,1-4H3. The van der Waals surface area contributed by atoms with E-state index in [0.717, 1.165) is 54.9 Å². The summed E-state index contributed by atoms with van der Waals surface area (Å²) in [6.07, 6.45) is 7.08. The number of hydrazone groups is 1. The SMILES string of the molecule is CCN(CC)c1ccc(C=CC2=NN(c3ccnc4ccccc34)C(c3ccc(N(CC)CC)cc3)C2)cc1. The van der Waals surface area contributed by atoms with Crippen LogP contribution in [0.15, 0.2) is 96.2 Å². The van der Waals surface area contributed by atoms with Crippen LogP contribution in [0.2, 0.25) is 0 Å². The van der Waals surface area contributed by atoms with Crippen molar-refractivity contribution in [3.8, 4) is 0 Å². The lowest BCUT2D eigenvalue weighted by molar-refractivity contribution is 0.711. The molecule has 0 amide bonds. The molecule has 1 aliphatic heterocycles. The first-order valence-corrected chi connectivity index (χ1v) is 14.2. The molecule has 5 rings (SSSR count). The van der Waals surface area contributed by atoms with Gasteiger partial charge in [0.15, 0.2) is 0 Å². The molecule has 1 unspecified atom stereocenters. The van der Waals surface area contributed by atoms with Gasteiger partial charge in [-0.1, -0.05) is 48.5 Å². The molecule has 4 aromatic rings. The van der Waals surface area contributed by atoms with Crippen LogP contribution < -0.4 is 14.8 Å². The summed E-state index contributed by atoms with van der Waals surface area (Å²) in [5.74, 6) is 0. The third kappa shape index (κ3) is 5.68. The highest BCUT2D eigenvalue weighted by molar-refractivity contribution is 6.02. The number of anilines is 3. The number of para-hydroxylation sites is 1. The van der Waals surface area contributed by atoms with Gasteiger partial charge in [-0.25, -0.2) is 0 Å². The van der Waals surface area contributed by atoms with Crippen LogP contribution >= 0.6 is 0 Å². The van der Waals surface area contributed by atoms with Crippen LogP contribution in [-0.2, 0) is 0 Å². The maximum atomic E-state index is 5.16. The Balaban J connectivity index is 1.46. The number of aromatic nitrogens is 1. The van der Waals surface area contributed by atoms with Crippen molar-refractivity contribution in [3.05, 3.63) is 102 Å². The molecule has 0 N–H and O–H groups in total. The van der Waals surface area contributed by atoms with Crippen LogP contribution in [0.4, 0.5) is 17.1 Å². The molecule has 0 fully saturated rings. The topological polar surface area (TPSA) is 35.0 Å². The predicted octanol–water partition coefficient (Wildman–Crippen LogP) is 7.95. The molecule has 2 heterocycles. The zero-order valence-electron chi connectivity index (χ0n) is 23.6. The van der Waals surface area contributed by atoms with Crippen LogP contribution in [0, 0.1) is 0 Å². The van der Waals surface area contributed by atoms with Gasteiger partial charge in [0.2, 0.25) is 0 Å². The molecule has 1 aromatic heterocycles. The van der Waals surface area contributed by atoms with E-state index >= 15 is 0 Å². The van der Waals surface area contributed by atoms with Crippen molar-refractivity contribution in [2.45, 2.75) is 40.2 Å². The molecule has 1 atom stereocenters. The van der Waals surface area contributed by atoms with Crippen molar-refractivity contribution in [1.29, 1.82) is 0 Å². The lowest BCUT2D eigenvalue weighted by atomic mass is 10.00. The molecule has 0 saturated carbocycles. The van der Waals surface area contributed by atoms with Gasteiger partial charge in [-0.05, 0) is 81.3 Å². The Morgan fingerprint density at radius 1 is 0.744 bits per heavy atom. The Labute approximate surface area is 233 Å². The van der Waals surface area contributed by atoms with E-state index in [4.69, 9.17) is 5.10 Å². The molecule has 1 aliphatic rings. The highest BCUT2D eigenvalue weighted by atomic mass is 15.5. The third-order valence-corrected chi connectivity index (χ3v) is 7.70. The summed E-state index contributed by atoms with van der Waals surface area (Å²) in [7, 11) is 0. The molecule has 5 heteroatoms. The van der Waals surface area contributed by atoms with Gasteiger partial charge in [-0.3, -0.25) is 9.99 Å². The van der Waals surface area contributed by atoms with E-state index < -0.39 is 0 Å². The normalized spacial score (nSPS) is 15.2.